The lowest BCUT2D eigenvalue weighted by Crippen LogP contribution is -2.11. The Morgan fingerprint density at radius 3 is 2.29 bits per heavy atom. The number of benzene rings is 2. The van der Waals surface area contributed by atoms with Gasteiger partial charge in [0, 0.05) is 0 Å². The third-order valence-corrected chi connectivity index (χ3v) is 3.82. The van der Waals surface area contributed by atoms with Crippen LogP contribution in [0.4, 0.5) is 0 Å². The second-order valence-electron chi connectivity index (χ2n) is 5.40. The van der Waals surface area contributed by atoms with E-state index in [2.05, 4.69) is 10.3 Å². The standard InChI is InChI=1S/C19H17N3O2/c1-14(16-10-6-3-7-11-16)22-17(18(19(23)24)20-21-22)13-12-15-8-4-2-5-9-15/h2-14H,1H3,(H,23,24)/b13-12+. The summed E-state index contributed by atoms with van der Waals surface area (Å²) in [5, 5.41) is 17.3. The first-order chi connectivity index (χ1) is 11.7. The molecular weight excluding hydrogens is 302 g/mol. The van der Waals surface area contributed by atoms with Crippen LogP contribution in [0.3, 0.4) is 0 Å². The summed E-state index contributed by atoms with van der Waals surface area (Å²) >= 11 is 0. The Kier molecular flexibility index (Phi) is 4.52. The highest BCUT2D eigenvalue weighted by Crippen LogP contribution is 2.21. The molecule has 3 aromatic rings. The van der Waals surface area contributed by atoms with Crippen molar-refractivity contribution in [2.24, 2.45) is 0 Å². The maximum Gasteiger partial charge on any atom is 0.358 e. The highest BCUT2D eigenvalue weighted by molar-refractivity contribution is 5.90. The van der Waals surface area contributed by atoms with Gasteiger partial charge in [0.25, 0.3) is 0 Å². The van der Waals surface area contributed by atoms with Gasteiger partial charge >= 0.3 is 5.97 Å². The number of nitrogens with zero attached hydrogens (tertiary/aromatic N) is 3. The number of hydrogen-bond donors (Lipinski definition) is 1. The van der Waals surface area contributed by atoms with Gasteiger partial charge in [-0.05, 0) is 24.1 Å². The normalized spacial score (nSPS) is 12.4. The molecule has 0 aliphatic rings. The lowest BCUT2D eigenvalue weighted by atomic mass is 10.1. The Morgan fingerprint density at radius 2 is 1.67 bits per heavy atom. The van der Waals surface area contributed by atoms with E-state index in [1.54, 1.807) is 10.8 Å². The molecule has 0 saturated carbocycles. The zero-order chi connectivity index (χ0) is 16.9. The van der Waals surface area contributed by atoms with Crippen LogP contribution in [0.1, 0.15) is 40.3 Å². The van der Waals surface area contributed by atoms with E-state index in [1.807, 2.05) is 73.7 Å². The van der Waals surface area contributed by atoms with E-state index < -0.39 is 5.97 Å². The molecule has 0 bridgehead atoms. The molecule has 2 aromatic carbocycles. The van der Waals surface area contributed by atoms with Gasteiger partial charge in [-0.2, -0.15) is 0 Å². The Bertz CT molecular complexity index is 855. The van der Waals surface area contributed by atoms with Gasteiger partial charge in [0.1, 0.15) is 0 Å². The minimum Gasteiger partial charge on any atom is -0.476 e. The van der Waals surface area contributed by atoms with Gasteiger partial charge < -0.3 is 5.11 Å². The van der Waals surface area contributed by atoms with Crippen molar-refractivity contribution in [2.75, 3.05) is 0 Å². The van der Waals surface area contributed by atoms with Gasteiger partial charge in [0.2, 0.25) is 0 Å². The number of aromatic carboxylic acids is 1. The van der Waals surface area contributed by atoms with Crippen molar-refractivity contribution in [3.63, 3.8) is 0 Å². The van der Waals surface area contributed by atoms with Crippen LogP contribution >= 0.6 is 0 Å². The monoisotopic (exact) mass is 319 g/mol. The van der Waals surface area contributed by atoms with E-state index in [-0.39, 0.29) is 11.7 Å². The summed E-state index contributed by atoms with van der Waals surface area (Å²) in [5.74, 6) is -1.09. The fraction of sp³-hybridized carbons (Fsp3) is 0.105. The van der Waals surface area contributed by atoms with Crippen molar-refractivity contribution >= 4 is 18.1 Å². The quantitative estimate of drug-likeness (QED) is 0.777. The number of carboxylic acids is 1. The molecule has 5 heteroatoms. The molecule has 0 amide bonds. The van der Waals surface area contributed by atoms with E-state index in [4.69, 9.17) is 0 Å². The summed E-state index contributed by atoms with van der Waals surface area (Å²) in [6, 6.07) is 19.4. The van der Waals surface area contributed by atoms with Crippen LogP contribution in [-0.2, 0) is 0 Å². The molecular formula is C19H17N3O2. The predicted octanol–water partition coefficient (Wildman–Crippen LogP) is 3.76. The fourth-order valence-electron chi connectivity index (χ4n) is 2.51. The molecule has 0 aliphatic carbocycles. The summed E-state index contributed by atoms with van der Waals surface area (Å²) in [6.45, 7) is 1.97. The summed E-state index contributed by atoms with van der Waals surface area (Å²) in [6.07, 6.45) is 3.61. The van der Waals surface area contributed by atoms with E-state index in [9.17, 15) is 9.90 Å². The smallest absolute Gasteiger partial charge is 0.358 e. The second-order valence-corrected chi connectivity index (χ2v) is 5.40. The molecule has 0 fully saturated rings. The van der Waals surface area contributed by atoms with Crippen LogP contribution < -0.4 is 0 Å². The number of carboxylic acid groups (broad SMARTS) is 1. The summed E-state index contributed by atoms with van der Waals surface area (Å²) in [4.78, 5) is 11.5. The van der Waals surface area contributed by atoms with Crippen LogP contribution in [0.15, 0.2) is 60.7 Å². The molecule has 0 aliphatic heterocycles. The lowest BCUT2D eigenvalue weighted by Gasteiger charge is -2.13. The van der Waals surface area contributed by atoms with Crippen molar-refractivity contribution in [3.8, 4) is 0 Å². The third-order valence-electron chi connectivity index (χ3n) is 3.82. The first kappa shape index (κ1) is 15.7. The van der Waals surface area contributed by atoms with Crippen LogP contribution in [0.25, 0.3) is 12.2 Å². The topological polar surface area (TPSA) is 68.0 Å². The second kappa shape index (κ2) is 6.91. The molecule has 120 valence electrons. The van der Waals surface area contributed by atoms with Crippen molar-refractivity contribution < 1.29 is 9.90 Å². The van der Waals surface area contributed by atoms with E-state index in [0.29, 0.717) is 5.69 Å². The molecule has 1 N–H and O–H groups in total. The summed E-state index contributed by atoms with van der Waals surface area (Å²) < 4.78 is 1.64. The molecule has 1 atom stereocenters. The molecule has 24 heavy (non-hydrogen) atoms. The lowest BCUT2D eigenvalue weighted by molar-refractivity contribution is 0.0690. The molecule has 0 radical (unpaired) electrons. The average molecular weight is 319 g/mol. The van der Waals surface area contributed by atoms with Crippen molar-refractivity contribution in [1.82, 2.24) is 15.0 Å². The van der Waals surface area contributed by atoms with Gasteiger partial charge in [-0.15, -0.1) is 5.10 Å². The third kappa shape index (κ3) is 3.25. The maximum atomic E-state index is 11.5. The fourth-order valence-corrected chi connectivity index (χ4v) is 2.51. The SMILES string of the molecule is CC(c1ccccc1)n1nnc(C(=O)O)c1/C=C/c1ccccc1. The molecule has 1 aromatic heterocycles. The van der Waals surface area contributed by atoms with Gasteiger partial charge in [-0.3, -0.25) is 0 Å². The zero-order valence-electron chi connectivity index (χ0n) is 13.2. The molecule has 5 nitrogen and oxygen atoms in total. The molecule has 3 rings (SSSR count). The van der Waals surface area contributed by atoms with Crippen molar-refractivity contribution in [1.29, 1.82) is 0 Å². The van der Waals surface area contributed by atoms with Crippen molar-refractivity contribution in [3.05, 3.63) is 83.2 Å². The van der Waals surface area contributed by atoms with Crippen LogP contribution in [0, 0.1) is 0 Å². The van der Waals surface area contributed by atoms with Gasteiger partial charge in [0.05, 0.1) is 11.7 Å². The number of hydrogen-bond acceptors (Lipinski definition) is 3. The maximum absolute atomic E-state index is 11.5. The summed E-state index contributed by atoms with van der Waals surface area (Å²) in [5.41, 5.74) is 2.44. The Balaban J connectivity index is 2.01. The predicted molar refractivity (Wildman–Crippen MR) is 92.6 cm³/mol. The van der Waals surface area contributed by atoms with Crippen LogP contribution in [-0.4, -0.2) is 26.1 Å². The van der Waals surface area contributed by atoms with Crippen molar-refractivity contribution in [2.45, 2.75) is 13.0 Å². The molecule has 0 saturated heterocycles. The Hall–Kier alpha value is -3.21. The van der Waals surface area contributed by atoms with E-state index in [1.165, 1.54) is 0 Å². The molecule has 0 spiro atoms. The van der Waals surface area contributed by atoms with E-state index >= 15 is 0 Å². The number of rotatable bonds is 5. The van der Waals surface area contributed by atoms with Crippen LogP contribution in [0.5, 0.6) is 0 Å². The zero-order valence-corrected chi connectivity index (χ0v) is 13.2. The Labute approximate surface area is 139 Å². The summed E-state index contributed by atoms with van der Waals surface area (Å²) in [7, 11) is 0. The number of aromatic nitrogens is 3. The number of carbonyl (C=O) groups is 1. The van der Waals surface area contributed by atoms with Gasteiger partial charge in [-0.25, -0.2) is 9.48 Å². The van der Waals surface area contributed by atoms with Gasteiger partial charge in [-0.1, -0.05) is 72.0 Å². The average Bonchev–Trinajstić information content (AvgIpc) is 3.05. The first-order valence-electron chi connectivity index (χ1n) is 7.63. The molecule has 1 heterocycles. The Morgan fingerprint density at radius 1 is 1.04 bits per heavy atom. The van der Waals surface area contributed by atoms with Crippen LogP contribution in [0.2, 0.25) is 0 Å². The van der Waals surface area contributed by atoms with E-state index in [0.717, 1.165) is 11.1 Å². The van der Waals surface area contributed by atoms with Gasteiger partial charge in [0.15, 0.2) is 5.69 Å². The molecule has 1 unspecified atom stereocenters. The minimum absolute atomic E-state index is 0.0510. The highest BCUT2D eigenvalue weighted by Gasteiger charge is 2.20. The highest BCUT2D eigenvalue weighted by atomic mass is 16.4. The minimum atomic E-state index is -1.09. The first-order valence-corrected chi connectivity index (χ1v) is 7.63. The largest absolute Gasteiger partial charge is 0.476 e.